The average Bonchev–Trinajstić information content (AvgIpc) is 2.67. The molecule has 0 aliphatic carbocycles. The summed E-state index contributed by atoms with van der Waals surface area (Å²) in [5.41, 5.74) is 1.03. The second kappa shape index (κ2) is 8.81. The number of carbonyl (C=O) groups excluding carboxylic acids is 1. The highest BCUT2D eigenvalue weighted by atomic mass is 35.5. The van der Waals surface area contributed by atoms with E-state index in [0.717, 1.165) is 31.9 Å². The van der Waals surface area contributed by atoms with Crippen LogP contribution in [0.2, 0.25) is 10.0 Å². The number of benzene rings is 2. The van der Waals surface area contributed by atoms with Crippen LogP contribution in [0.1, 0.15) is 17.3 Å². The van der Waals surface area contributed by atoms with Gasteiger partial charge in [-0.15, -0.1) is 0 Å². The van der Waals surface area contributed by atoms with Crippen LogP contribution in [0.25, 0.3) is 0 Å². The Morgan fingerprint density at radius 2 is 1.72 bits per heavy atom. The minimum Gasteiger partial charge on any atom is -0.369 e. The van der Waals surface area contributed by atoms with Gasteiger partial charge in [0.1, 0.15) is 0 Å². The summed E-state index contributed by atoms with van der Waals surface area (Å²) < 4.78 is 39.7. The number of hydrogen-bond donors (Lipinski definition) is 1. The van der Waals surface area contributed by atoms with Gasteiger partial charge in [-0.3, -0.25) is 4.79 Å². The summed E-state index contributed by atoms with van der Waals surface area (Å²) in [6, 6.07) is 9.19. The molecule has 0 unspecified atom stereocenters. The van der Waals surface area contributed by atoms with Crippen molar-refractivity contribution in [3.05, 3.63) is 52.0 Å². The number of hydrogen-bond acceptors (Lipinski definition) is 4. The number of nitrogens with zero attached hydrogens (tertiary/aromatic N) is 2. The molecule has 1 saturated heterocycles. The lowest BCUT2D eigenvalue weighted by Gasteiger charge is -2.32. The highest BCUT2D eigenvalue weighted by molar-refractivity contribution is 6.35. The van der Waals surface area contributed by atoms with E-state index in [1.54, 1.807) is 42.2 Å². The van der Waals surface area contributed by atoms with Gasteiger partial charge in [0.2, 0.25) is 0 Å². The molecule has 9 heteroatoms. The summed E-state index contributed by atoms with van der Waals surface area (Å²) in [6.45, 7) is 5.11. The van der Waals surface area contributed by atoms with Gasteiger partial charge < -0.3 is 15.1 Å². The maximum absolute atomic E-state index is 13.2. The normalized spacial score (nSPS) is 14.8. The number of piperazine rings is 1. The van der Waals surface area contributed by atoms with Crippen molar-refractivity contribution >= 4 is 46.0 Å². The van der Waals surface area contributed by atoms with E-state index in [1.807, 2.05) is 0 Å². The number of Topliss-reactive ketones (excluding diaryl/α,β-unsaturated/α-hetero) is 1. The average molecular weight is 446 g/mol. The quantitative estimate of drug-likeness (QED) is 0.632. The second-order valence-electron chi connectivity index (χ2n) is 6.64. The number of anilines is 3. The second-order valence-corrected chi connectivity index (χ2v) is 7.51. The molecule has 29 heavy (non-hydrogen) atoms. The van der Waals surface area contributed by atoms with E-state index in [1.165, 1.54) is 6.07 Å². The van der Waals surface area contributed by atoms with E-state index in [4.69, 9.17) is 23.2 Å². The summed E-state index contributed by atoms with van der Waals surface area (Å²) >= 11 is 12.2. The maximum Gasteiger partial charge on any atom is 0.454 e. The molecule has 156 valence electrons. The van der Waals surface area contributed by atoms with Crippen molar-refractivity contribution < 1.29 is 18.0 Å². The first-order valence-electron chi connectivity index (χ1n) is 9.15. The third kappa shape index (κ3) is 4.97. The van der Waals surface area contributed by atoms with E-state index in [-0.39, 0.29) is 5.69 Å². The molecule has 0 radical (unpaired) electrons. The molecule has 0 atom stereocenters. The predicted molar refractivity (Wildman–Crippen MR) is 111 cm³/mol. The Kier molecular flexibility index (Phi) is 6.61. The van der Waals surface area contributed by atoms with Crippen molar-refractivity contribution in [2.75, 3.05) is 42.5 Å². The molecule has 0 amide bonds. The molecule has 1 aliphatic heterocycles. The highest BCUT2D eigenvalue weighted by Crippen LogP contribution is 2.37. The Morgan fingerprint density at radius 3 is 2.28 bits per heavy atom. The highest BCUT2D eigenvalue weighted by Gasteiger charge is 2.41. The number of alkyl halides is 3. The van der Waals surface area contributed by atoms with Crippen LogP contribution in [0.3, 0.4) is 0 Å². The summed E-state index contributed by atoms with van der Waals surface area (Å²) in [5, 5.41) is 3.95. The van der Waals surface area contributed by atoms with E-state index < -0.39 is 17.5 Å². The molecule has 0 aromatic heterocycles. The minimum absolute atomic E-state index is 0.171. The van der Waals surface area contributed by atoms with Crippen LogP contribution in [0, 0.1) is 0 Å². The molecule has 1 aliphatic rings. The molecule has 0 spiro atoms. The lowest BCUT2D eigenvalue weighted by molar-refractivity contribution is -0.0884. The van der Waals surface area contributed by atoms with Crippen molar-refractivity contribution in [3.63, 3.8) is 0 Å². The Morgan fingerprint density at radius 1 is 1.10 bits per heavy atom. The van der Waals surface area contributed by atoms with Crippen LogP contribution in [0.5, 0.6) is 0 Å². The zero-order chi connectivity index (χ0) is 21.2. The Bertz CT molecular complexity index is 879. The van der Waals surface area contributed by atoms with Crippen LogP contribution < -0.4 is 15.1 Å². The zero-order valence-electron chi connectivity index (χ0n) is 15.7. The minimum atomic E-state index is -4.98. The van der Waals surface area contributed by atoms with E-state index >= 15 is 0 Å². The Balaban J connectivity index is 2.14. The fourth-order valence-electron chi connectivity index (χ4n) is 3.39. The fourth-order valence-corrected chi connectivity index (χ4v) is 3.91. The standard InChI is InChI=1S/C20H20Cl2F3N3O/c1-2-28(16-10-13(21)9-14(22)11-16)18-12-15(27-7-5-26-6-8-27)3-4-17(18)19(29)20(23,24)25/h3-4,9-12,26H,2,5-8H2,1H3. The first-order chi connectivity index (χ1) is 13.7. The molecular formula is C20H20Cl2F3N3O. The molecule has 2 aromatic carbocycles. The van der Waals surface area contributed by atoms with Gasteiger partial charge in [0.15, 0.2) is 0 Å². The van der Waals surface area contributed by atoms with Crippen molar-refractivity contribution in [1.82, 2.24) is 5.32 Å². The SMILES string of the molecule is CCN(c1cc(Cl)cc(Cl)c1)c1cc(N2CCNCC2)ccc1C(=O)C(F)(F)F. The number of rotatable bonds is 5. The third-order valence-corrected chi connectivity index (χ3v) is 5.17. The van der Waals surface area contributed by atoms with Gasteiger partial charge in [-0.05, 0) is 43.3 Å². The van der Waals surface area contributed by atoms with Gasteiger partial charge in [0.05, 0.1) is 11.3 Å². The van der Waals surface area contributed by atoms with Crippen molar-refractivity contribution in [3.8, 4) is 0 Å². The van der Waals surface area contributed by atoms with Gasteiger partial charge in [0.25, 0.3) is 5.78 Å². The number of ketones is 1. The molecule has 1 fully saturated rings. The lowest BCUT2D eigenvalue weighted by Crippen LogP contribution is -2.43. The monoisotopic (exact) mass is 445 g/mol. The smallest absolute Gasteiger partial charge is 0.369 e. The first kappa shape index (κ1) is 21.7. The van der Waals surface area contributed by atoms with Gasteiger partial charge >= 0.3 is 6.18 Å². The Hall–Kier alpha value is -1.96. The summed E-state index contributed by atoms with van der Waals surface area (Å²) in [6.07, 6.45) is -4.98. The molecule has 4 nitrogen and oxygen atoms in total. The van der Waals surface area contributed by atoms with E-state index in [0.29, 0.717) is 22.3 Å². The number of nitrogens with one attached hydrogen (secondary N) is 1. The number of halogens is 5. The third-order valence-electron chi connectivity index (χ3n) is 4.73. The maximum atomic E-state index is 13.2. The topological polar surface area (TPSA) is 35.6 Å². The van der Waals surface area contributed by atoms with Crippen molar-refractivity contribution in [2.45, 2.75) is 13.1 Å². The van der Waals surface area contributed by atoms with Gasteiger partial charge in [-0.25, -0.2) is 0 Å². The van der Waals surface area contributed by atoms with Crippen LogP contribution >= 0.6 is 23.2 Å². The fraction of sp³-hybridized carbons (Fsp3) is 0.350. The summed E-state index contributed by atoms with van der Waals surface area (Å²) in [7, 11) is 0. The predicted octanol–water partition coefficient (Wildman–Crippen LogP) is 5.31. The molecule has 3 rings (SSSR count). The zero-order valence-corrected chi connectivity index (χ0v) is 17.2. The Labute approximate surface area is 177 Å². The molecule has 0 bridgehead atoms. The van der Waals surface area contributed by atoms with Crippen molar-refractivity contribution in [2.24, 2.45) is 0 Å². The van der Waals surface area contributed by atoms with Crippen LogP contribution in [-0.4, -0.2) is 44.7 Å². The molecular weight excluding hydrogens is 426 g/mol. The van der Waals surface area contributed by atoms with Gasteiger partial charge in [-0.2, -0.15) is 13.2 Å². The first-order valence-corrected chi connectivity index (χ1v) is 9.91. The van der Waals surface area contributed by atoms with Crippen LogP contribution in [-0.2, 0) is 0 Å². The van der Waals surface area contributed by atoms with Crippen LogP contribution in [0.4, 0.5) is 30.2 Å². The molecule has 2 aromatic rings. The molecule has 1 N–H and O–H groups in total. The molecule has 1 heterocycles. The van der Waals surface area contributed by atoms with Crippen LogP contribution in [0.15, 0.2) is 36.4 Å². The summed E-state index contributed by atoms with van der Waals surface area (Å²) in [4.78, 5) is 15.8. The van der Waals surface area contributed by atoms with Gasteiger partial charge in [-0.1, -0.05) is 23.2 Å². The summed E-state index contributed by atoms with van der Waals surface area (Å²) in [5.74, 6) is -1.88. The van der Waals surface area contributed by atoms with Gasteiger partial charge in [0, 0.05) is 54.1 Å². The van der Waals surface area contributed by atoms with E-state index in [2.05, 4.69) is 10.2 Å². The van der Waals surface area contributed by atoms with E-state index in [9.17, 15) is 18.0 Å². The van der Waals surface area contributed by atoms with Crippen molar-refractivity contribution in [1.29, 1.82) is 0 Å². The number of carbonyl (C=O) groups is 1. The lowest BCUT2D eigenvalue weighted by atomic mass is 10.0. The molecule has 0 saturated carbocycles. The largest absolute Gasteiger partial charge is 0.454 e.